The van der Waals surface area contributed by atoms with Crippen LogP contribution in [0.5, 0.6) is 0 Å². The Morgan fingerprint density at radius 3 is 1.12 bits per heavy atom. The van der Waals surface area contributed by atoms with Crippen molar-refractivity contribution in [1.82, 2.24) is 0 Å². The Hall–Kier alpha value is -4.08. The Kier molecular flexibility index (Phi) is 9.75. The summed E-state index contributed by atoms with van der Waals surface area (Å²) in [4.78, 5) is 0. The van der Waals surface area contributed by atoms with Gasteiger partial charge in [-0.2, -0.15) is 10.5 Å². The van der Waals surface area contributed by atoms with Crippen LogP contribution >= 0.6 is 0 Å². The number of hydrogen-bond donors (Lipinski definition) is 0. The molecular formula is C36H34F4N2. The standard InChI is InChI=1S/2C14H14FN.C6H4F2.C2H2/c2*15-13-4-2-1-3-12(13)14(9-16)8-10-5-6-11(14)7-10;7-5-3-1-2-4-6(5)8;1-2/h2*1-4,10-11H,5-8H2;1-4H;1-2H. The molecule has 4 fully saturated rings. The summed E-state index contributed by atoms with van der Waals surface area (Å²) in [5, 5.41) is 19.0. The second-order valence-electron chi connectivity index (χ2n) is 11.7. The van der Waals surface area contributed by atoms with E-state index in [4.69, 9.17) is 0 Å². The van der Waals surface area contributed by atoms with E-state index in [0.29, 0.717) is 34.8 Å². The van der Waals surface area contributed by atoms with Crippen molar-refractivity contribution in [3.63, 3.8) is 0 Å². The molecule has 4 saturated carbocycles. The zero-order chi connectivity index (χ0) is 30.3. The Bertz CT molecular complexity index is 1380. The van der Waals surface area contributed by atoms with Crippen LogP contribution in [0.25, 0.3) is 0 Å². The van der Waals surface area contributed by atoms with Crippen LogP contribution in [0, 0.1) is 82.4 Å². The molecule has 6 heteroatoms. The first-order valence-corrected chi connectivity index (χ1v) is 14.4. The van der Waals surface area contributed by atoms with E-state index in [0.717, 1.165) is 50.7 Å². The second kappa shape index (κ2) is 13.3. The molecule has 0 amide bonds. The van der Waals surface area contributed by atoms with Crippen molar-refractivity contribution in [2.75, 3.05) is 0 Å². The number of fused-ring (bicyclic) bond motifs is 4. The number of rotatable bonds is 2. The highest BCUT2D eigenvalue weighted by Crippen LogP contribution is 2.58. The minimum absolute atomic E-state index is 0.211. The summed E-state index contributed by atoms with van der Waals surface area (Å²) in [7, 11) is 0. The van der Waals surface area contributed by atoms with E-state index in [9.17, 15) is 28.1 Å². The number of hydrogen-bond acceptors (Lipinski definition) is 2. The lowest BCUT2D eigenvalue weighted by molar-refractivity contribution is 0.330. The molecule has 216 valence electrons. The predicted octanol–water partition coefficient (Wildman–Crippen LogP) is 9.03. The molecule has 4 bridgehead atoms. The third-order valence-electron chi connectivity index (χ3n) is 9.63. The van der Waals surface area contributed by atoms with E-state index in [1.165, 1.54) is 37.1 Å². The first kappa shape index (κ1) is 30.9. The molecule has 0 aromatic heterocycles. The third-order valence-corrected chi connectivity index (χ3v) is 9.63. The van der Waals surface area contributed by atoms with Gasteiger partial charge in [0.2, 0.25) is 0 Å². The zero-order valence-electron chi connectivity index (χ0n) is 23.5. The Balaban J connectivity index is 0.000000148. The van der Waals surface area contributed by atoms with Gasteiger partial charge in [0, 0.05) is 11.1 Å². The molecule has 0 heterocycles. The van der Waals surface area contributed by atoms with E-state index in [2.05, 4.69) is 25.0 Å². The molecule has 6 atom stereocenters. The molecule has 0 N–H and O–H groups in total. The van der Waals surface area contributed by atoms with Crippen LogP contribution in [-0.2, 0) is 10.8 Å². The quantitative estimate of drug-likeness (QED) is 0.228. The van der Waals surface area contributed by atoms with Gasteiger partial charge in [-0.15, -0.1) is 12.8 Å². The van der Waals surface area contributed by atoms with Gasteiger partial charge in [-0.25, -0.2) is 17.6 Å². The number of terminal acetylenes is 1. The van der Waals surface area contributed by atoms with Crippen LogP contribution in [0.15, 0.2) is 72.8 Å². The fourth-order valence-corrected chi connectivity index (χ4v) is 7.80. The van der Waals surface area contributed by atoms with Gasteiger partial charge < -0.3 is 0 Å². The Morgan fingerprint density at radius 2 is 0.881 bits per heavy atom. The SMILES string of the molecule is C#C.Fc1ccccc1F.N#CC1(c2ccccc2F)CC2CCC1C2.N#CC1(c2ccccc2F)CC2CCC1C2. The van der Waals surface area contributed by atoms with Crippen LogP contribution in [-0.4, -0.2) is 0 Å². The van der Waals surface area contributed by atoms with E-state index in [1.54, 1.807) is 24.3 Å². The molecule has 2 nitrogen and oxygen atoms in total. The van der Waals surface area contributed by atoms with Crippen molar-refractivity contribution in [2.24, 2.45) is 23.7 Å². The lowest BCUT2D eigenvalue weighted by atomic mass is 9.69. The lowest BCUT2D eigenvalue weighted by Gasteiger charge is -2.31. The molecule has 0 saturated heterocycles. The first-order valence-electron chi connectivity index (χ1n) is 14.4. The smallest absolute Gasteiger partial charge is 0.158 e. The monoisotopic (exact) mass is 570 g/mol. The lowest BCUT2D eigenvalue weighted by Crippen LogP contribution is -2.31. The van der Waals surface area contributed by atoms with Gasteiger partial charge in [0.1, 0.15) is 11.6 Å². The molecular weight excluding hydrogens is 536 g/mol. The molecule has 42 heavy (non-hydrogen) atoms. The van der Waals surface area contributed by atoms with Crippen molar-refractivity contribution in [3.8, 4) is 25.0 Å². The largest absolute Gasteiger partial charge is 0.207 e. The van der Waals surface area contributed by atoms with Gasteiger partial charge in [0.15, 0.2) is 11.6 Å². The van der Waals surface area contributed by atoms with Gasteiger partial charge in [0.25, 0.3) is 0 Å². The molecule has 6 unspecified atom stereocenters. The molecule has 0 radical (unpaired) electrons. The maximum Gasteiger partial charge on any atom is 0.158 e. The minimum atomic E-state index is -0.799. The van der Waals surface area contributed by atoms with Crippen LogP contribution in [0.2, 0.25) is 0 Å². The highest BCUT2D eigenvalue weighted by atomic mass is 19.2. The van der Waals surface area contributed by atoms with Gasteiger partial charge in [0.05, 0.1) is 23.0 Å². The molecule has 3 aromatic carbocycles. The highest BCUT2D eigenvalue weighted by Gasteiger charge is 2.54. The Labute approximate surface area is 246 Å². The van der Waals surface area contributed by atoms with Crippen LogP contribution in [0.3, 0.4) is 0 Å². The second-order valence-corrected chi connectivity index (χ2v) is 11.7. The van der Waals surface area contributed by atoms with Crippen LogP contribution < -0.4 is 0 Å². The topological polar surface area (TPSA) is 47.6 Å². The fourth-order valence-electron chi connectivity index (χ4n) is 7.80. The fraction of sp³-hybridized carbons (Fsp3) is 0.389. The van der Waals surface area contributed by atoms with E-state index in [-0.39, 0.29) is 11.6 Å². The summed E-state index contributed by atoms with van der Waals surface area (Å²) in [6, 6.07) is 23.5. The summed E-state index contributed by atoms with van der Waals surface area (Å²) in [5.74, 6) is 0.0144. The number of nitrogens with zero attached hydrogens (tertiary/aromatic N) is 2. The molecule has 7 rings (SSSR count). The van der Waals surface area contributed by atoms with Crippen molar-refractivity contribution in [3.05, 3.63) is 107 Å². The van der Waals surface area contributed by atoms with Crippen molar-refractivity contribution < 1.29 is 17.6 Å². The summed E-state index contributed by atoms with van der Waals surface area (Å²) in [6.45, 7) is 0. The number of halogens is 4. The predicted molar refractivity (Wildman–Crippen MR) is 155 cm³/mol. The summed E-state index contributed by atoms with van der Waals surface area (Å²) in [5.41, 5.74) is 0.192. The number of nitriles is 2. The van der Waals surface area contributed by atoms with Gasteiger partial charge in [-0.05, 0) is 86.5 Å². The third kappa shape index (κ3) is 5.80. The van der Waals surface area contributed by atoms with Crippen molar-refractivity contribution in [2.45, 2.75) is 62.2 Å². The summed E-state index contributed by atoms with van der Waals surface area (Å²) >= 11 is 0. The number of benzene rings is 3. The average molecular weight is 571 g/mol. The molecule has 4 aliphatic rings. The maximum atomic E-state index is 13.8. The van der Waals surface area contributed by atoms with E-state index in [1.807, 2.05) is 12.1 Å². The molecule has 0 aliphatic heterocycles. The van der Waals surface area contributed by atoms with Crippen LogP contribution in [0.4, 0.5) is 17.6 Å². The first-order chi connectivity index (χ1) is 20.3. The van der Waals surface area contributed by atoms with Crippen molar-refractivity contribution >= 4 is 0 Å². The summed E-state index contributed by atoms with van der Waals surface area (Å²) < 4.78 is 51.6. The van der Waals surface area contributed by atoms with Crippen LogP contribution in [0.1, 0.15) is 62.5 Å². The van der Waals surface area contributed by atoms with Gasteiger partial charge >= 0.3 is 0 Å². The van der Waals surface area contributed by atoms with E-state index >= 15 is 0 Å². The molecule has 4 aliphatic carbocycles. The highest BCUT2D eigenvalue weighted by molar-refractivity contribution is 5.39. The molecule has 3 aromatic rings. The summed E-state index contributed by atoms with van der Waals surface area (Å²) in [6.07, 6.45) is 16.6. The Morgan fingerprint density at radius 1 is 0.548 bits per heavy atom. The minimum Gasteiger partial charge on any atom is -0.207 e. The molecule has 0 spiro atoms. The maximum absolute atomic E-state index is 13.8. The van der Waals surface area contributed by atoms with E-state index < -0.39 is 22.5 Å². The van der Waals surface area contributed by atoms with Crippen molar-refractivity contribution in [1.29, 1.82) is 10.5 Å². The van der Waals surface area contributed by atoms with Gasteiger partial charge in [-0.1, -0.05) is 61.4 Å². The van der Waals surface area contributed by atoms with Gasteiger partial charge in [-0.3, -0.25) is 0 Å². The zero-order valence-corrected chi connectivity index (χ0v) is 23.5. The average Bonchev–Trinajstić information content (AvgIpc) is 3.83. The normalized spacial score (nSPS) is 29.4.